The molecule has 0 N–H and O–H groups in total. The van der Waals surface area contributed by atoms with Crippen LogP contribution in [-0.2, 0) is 0 Å². The normalized spacial score (nSPS) is 26.0. The topological polar surface area (TPSA) is 0 Å². The molecule has 0 spiro atoms. The van der Waals surface area contributed by atoms with Crippen LogP contribution in [0.5, 0.6) is 0 Å². The summed E-state index contributed by atoms with van der Waals surface area (Å²) in [4.78, 5) is -0.196. The van der Waals surface area contributed by atoms with Crippen molar-refractivity contribution in [3.8, 4) is 0 Å². The number of hydrogen-bond acceptors (Lipinski definition) is 0. The Balaban J connectivity index is 2.25. The van der Waals surface area contributed by atoms with Gasteiger partial charge in [0.2, 0.25) is 0 Å². The molecule has 14 heavy (non-hydrogen) atoms. The Morgan fingerprint density at radius 3 is 2.50 bits per heavy atom. The summed E-state index contributed by atoms with van der Waals surface area (Å²) in [5.41, 5.74) is 2.53. The van der Waals surface area contributed by atoms with E-state index in [0.29, 0.717) is 0 Å². The predicted molar refractivity (Wildman–Crippen MR) is 62.4 cm³/mol. The zero-order valence-corrected chi connectivity index (χ0v) is 8.96. The highest BCUT2D eigenvalue weighted by Crippen LogP contribution is 2.30. The summed E-state index contributed by atoms with van der Waals surface area (Å²) in [5, 5.41) is 0. The van der Waals surface area contributed by atoms with Crippen molar-refractivity contribution in [2.24, 2.45) is 0 Å². The summed E-state index contributed by atoms with van der Waals surface area (Å²) >= 11 is 6.19. The molecule has 0 heterocycles. The van der Waals surface area contributed by atoms with Gasteiger partial charge < -0.3 is 0 Å². The number of benzene rings is 1. The standard InChI is InChI=1S/C13H13Cl/c1-13(14)9-7-12(8-10-13)11-5-3-2-4-6-11/h2-9H,10H2,1H3. The maximum Gasteiger partial charge on any atom is 0.0635 e. The van der Waals surface area contributed by atoms with Crippen molar-refractivity contribution < 1.29 is 0 Å². The Bertz CT molecular complexity index is 371. The molecule has 2 rings (SSSR count). The summed E-state index contributed by atoms with van der Waals surface area (Å²) in [6.07, 6.45) is 7.26. The molecule has 1 atom stereocenters. The number of halogens is 1. The maximum absolute atomic E-state index is 6.19. The third-order valence-electron chi connectivity index (χ3n) is 2.44. The molecule has 1 aromatic carbocycles. The molecule has 1 aromatic rings. The van der Waals surface area contributed by atoms with Gasteiger partial charge in [0.15, 0.2) is 0 Å². The molecule has 0 saturated heterocycles. The van der Waals surface area contributed by atoms with E-state index in [1.165, 1.54) is 11.1 Å². The summed E-state index contributed by atoms with van der Waals surface area (Å²) in [6, 6.07) is 10.4. The van der Waals surface area contributed by atoms with Gasteiger partial charge in [0.25, 0.3) is 0 Å². The van der Waals surface area contributed by atoms with E-state index in [4.69, 9.17) is 11.6 Å². The van der Waals surface area contributed by atoms with Gasteiger partial charge in [-0.3, -0.25) is 0 Å². The Labute approximate surface area is 89.9 Å². The number of hydrogen-bond donors (Lipinski definition) is 0. The third-order valence-corrected chi connectivity index (χ3v) is 2.72. The second-order valence-corrected chi connectivity index (χ2v) is 4.70. The molecular formula is C13H13Cl. The van der Waals surface area contributed by atoms with Crippen molar-refractivity contribution in [2.45, 2.75) is 18.2 Å². The molecule has 1 aliphatic carbocycles. The fourth-order valence-corrected chi connectivity index (χ4v) is 1.69. The molecule has 1 heteroatoms. The molecule has 0 bridgehead atoms. The fraction of sp³-hybridized carbons (Fsp3) is 0.231. The molecule has 0 nitrogen and oxygen atoms in total. The van der Waals surface area contributed by atoms with Crippen molar-refractivity contribution in [1.82, 2.24) is 0 Å². The van der Waals surface area contributed by atoms with E-state index in [0.717, 1.165) is 6.42 Å². The zero-order chi connectivity index (χ0) is 10.0. The zero-order valence-electron chi connectivity index (χ0n) is 8.20. The van der Waals surface area contributed by atoms with Gasteiger partial charge in [0.05, 0.1) is 4.87 Å². The lowest BCUT2D eigenvalue weighted by atomic mass is 9.94. The molecule has 0 aromatic heterocycles. The summed E-state index contributed by atoms with van der Waals surface area (Å²) in [5.74, 6) is 0. The fourth-order valence-electron chi connectivity index (χ4n) is 1.55. The van der Waals surface area contributed by atoms with Crippen LogP contribution in [0.15, 0.2) is 48.6 Å². The van der Waals surface area contributed by atoms with Crippen molar-refractivity contribution in [2.75, 3.05) is 0 Å². The molecule has 0 amide bonds. The van der Waals surface area contributed by atoms with Gasteiger partial charge in [-0.25, -0.2) is 0 Å². The van der Waals surface area contributed by atoms with Gasteiger partial charge in [-0.05, 0) is 24.5 Å². The van der Waals surface area contributed by atoms with E-state index < -0.39 is 0 Å². The van der Waals surface area contributed by atoms with Crippen LogP contribution >= 0.6 is 11.6 Å². The van der Waals surface area contributed by atoms with Crippen LogP contribution in [0.4, 0.5) is 0 Å². The van der Waals surface area contributed by atoms with Gasteiger partial charge in [-0.2, -0.15) is 0 Å². The van der Waals surface area contributed by atoms with Crippen LogP contribution in [0, 0.1) is 0 Å². The highest BCUT2D eigenvalue weighted by molar-refractivity contribution is 6.25. The molecule has 1 unspecified atom stereocenters. The average molecular weight is 205 g/mol. The minimum Gasteiger partial charge on any atom is -0.115 e. The van der Waals surface area contributed by atoms with Crippen LogP contribution in [0.25, 0.3) is 5.57 Å². The van der Waals surface area contributed by atoms with Crippen LogP contribution < -0.4 is 0 Å². The average Bonchev–Trinajstić information content (AvgIpc) is 2.19. The summed E-state index contributed by atoms with van der Waals surface area (Å²) < 4.78 is 0. The third kappa shape index (κ3) is 2.08. The van der Waals surface area contributed by atoms with Crippen molar-refractivity contribution in [1.29, 1.82) is 0 Å². The van der Waals surface area contributed by atoms with Gasteiger partial charge >= 0.3 is 0 Å². The first kappa shape index (κ1) is 9.54. The molecule has 0 fully saturated rings. The first-order valence-corrected chi connectivity index (χ1v) is 5.19. The summed E-state index contributed by atoms with van der Waals surface area (Å²) in [6.45, 7) is 2.03. The SMILES string of the molecule is CC1(Cl)C=CC(c2ccccc2)=CC1. The minimum absolute atomic E-state index is 0.196. The van der Waals surface area contributed by atoms with Crippen molar-refractivity contribution in [3.05, 3.63) is 54.1 Å². The van der Waals surface area contributed by atoms with E-state index in [9.17, 15) is 0 Å². The Hall–Kier alpha value is -1.01. The van der Waals surface area contributed by atoms with Crippen LogP contribution in [0.2, 0.25) is 0 Å². The smallest absolute Gasteiger partial charge is 0.0635 e. The number of rotatable bonds is 1. The minimum atomic E-state index is -0.196. The van der Waals surface area contributed by atoms with E-state index in [2.05, 4.69) is 42.5 Å². The van der Waals surface area contributed by atoms with Crippen molar-refractivity contribution >= 4 is 17.2 Å². The van der Waals surface area contributed by atoms with Crippen LogP contribution in [-0.4, -0.2) is 4.87 Å². The lowest BCUT2D eigenvalue weighted by Crippen LogP contribution is -2.13. The van der Waals surface area contributed by atoms with E-state index in [1.807, 2.05) is 13.0 Å². The summed E-state index contributed by atoms with van der Waals surface area (Å²) in [7, 11) is 0. The lowest BCUT2D eigenvalue weighted by Gasteiger charge is -2.20. The molecular weight excluding hydrogens is 192 g/mol. The largest absolute Gasteiger partial charge is 0.115 e. The van der Waals surface area contributed by atoms with Gasteiger partial charge in [-0.1, -0.05) is 48.6 Å². The Morgan fingerprint density at radius 1 is 1.21 bits per heavy atom. The van der Waals surface area contributed by atoms with Crippen LogP contribution in [0.1, 0.15) is 18.9 Å². The predicted octanol–water partition coefficient (Wildman–Crippen LogP) is 4.03. The van der Waals surface area contributed by atoms with Gasteiger partial charge in [-0.15, -0.1) is 11.6 Å². The Morgan fingerprint density at radius 2 is 1.93 bits per heavy atom. The lowest BCUT2D eigenvalue weighted by molar-refractivity contribution is 0.785. The first-order valence-electron chi connectivity index (χ1n) is 4.81. The number of alkyl halides is 1. The molecule has 72 valence electrons. The second-order valence-electron chi connectivity index (χ2n) is 3.84. The second kappa shape index (κ2) is 3.62. The first-order chi connectivity index (χ1) is 6.67. The molecule has 0 saturated carbocycles. The van der Waals surface area contributed by atoms with Gasteiger partial charge in [0, 0.05) is 0 Å². The van der Waals surface area contributed by atoms with Crippen LogP contribution in [0.3, 0.4) is 0 Å². The maximum atomic E-state index is 6.19. The molecule has 1 aliphatic rings. The molecule has 0 aliphatic heterocycles. The van der Waals surface area contributed by atoms with E-state index >= 15 is 0 Å². The van der Waals surface area contributed by atoms with E-state index in [-0.39, 0.29) is 4.87 Å². The highest BCUT2D eigenvalue weighted by atomic mass is 35.5. The highest BCUT2D eigenvalue weighted by Gasteiger charge is 2.18. The quantitative estimate of drug-likeness (QED) is 0.606. The Kier molecular flexibility index (Phi) is 2.47. The molecule has 0 radical (unpaired) electrons. The van der Waals surface area contributed by atoms with Crippen molar-refractivity contribution in [3.63, 3.8) is 0 Å². The number of allylic oxidation sites excluding steroid dienone is 4. The van der Waals surface area contributed by atoms with Gasteiger partial charge in [0.1, 0.15) is 0 Å². The van der Waals surface area contributed by atoms with E-state index in [1.54, 1.807) is 0 Å². The monoisotopic (exact) mass is 204 g/mol.